The van der Waals surface area contributed by atoms with E-state index in [0.717, 1.165) is 22.9 Å². The maximum atomic E-state index is 9.61. The van der Waals surface area contributed by atoms with Gasteiger partial charge in [-0.05, 0) is 12.8 Å². The Morgan fingerprint density at radius 1 is 1.35 bits per heavy atom. The van der Waals surface area contributed by atoms with Gasteiger partial charge >= 0.3 is 0 Å². The van der Waals surface area contributed by atoms with E-state index in [0.29, 0.717) is 12.5 Å². The molecule has 20 heavy (non-hydrogen) atoms. The lowest BCUT2D eigenvalue weighted by atomic mass is 10.1. The van der Waals surface area contributed by atoms with Gasteiger partial charge in [0.25, 0.3) is 0 Å². The number of hydrogen-bond acceptors (Lipinski definition) is 5. The maximum Gasteiger partial charge on any atom is 0.157 e. The number of aliphatic hydroxyl groups excluding tert-OH is 2. The Balaban J connectivity index is 2.48. The Morgan fingerprint density at radius 3 is 2.65 bits per heavy atom. The Labute approximate surface area is 118 Å². The molecule has 0 amide bonds. The molecular formula is C14H22N4O2. The molecule has 0 aliphatic carbocycles. The summed E-state index contributed by atoms with van der Waals surface area (Å²) >= 11 is 0. The number of hydrogen-bond donors (Lipinski definition) is 2. The number of aromatic nitrogens is 3. The van der Waals surface area contributed by atoms with Gasteiger partial charge in [0, 0.05) is 31.4 Å². The van der Waals surface area contributed by atoms with Crippen molar-refractivity contribution in [2.45, 2.75) is 32.8 Å². The third-order valence-electron chi connectivity index (χ3n) is 3.23. The van der Waals surface area contributed by atoms with Crippen LogP contribution >= 0.6 is 0 Å². The molecule has 2 aromatic rings. The van der Waals surface area contributed by atoms with Crippen molar-refractivity contribution in [3.05, 3.63) is 23.5 Å². The van der Waals surface area contributed by atoms with Crippen LogP contribution in [-0.4, -0.2) is 51.1 Å². The van der Waals surface area contributed by atoms with E-state index in [2.05, 4.69) is 23.9 Å². The van der Waals surface area contributed by atoms with E-state index in [1.54, 1.807) is 4.52 Å². The molecule has 0 saturated carbocycles. The molecule has 0 spiro atoms. The van der Waals surface area contributed by atoms with Crippen LogP contribution in [0.25, 0.3) is 5.65 Å². The highest BCUT2D eigenvalue weighted by Crippen LogP contribution is 2.21. The van der Waals surface area contributed by atoms with Crippen molar-refractivity contribution in [3.63, 3.8) is 0 Å². The van der Waals surface area contributed by atoms with Crippen LogP contribution in [0.2, 0.25) is 0 Å². The first-order chi connectivity index (χ1) is 9.42. The van der Waals surface area contributed by atoms with Gasteiger partial charge in [-0.15, -0.1) is 0 Å². The number of aliphatic hydroxyl groups is 2. The normalized spacial score (nSPS) is 13.2. The molecule has 2 N–H and O–H groups in total. The summed E-state index contributed by atoms with van der Waals surface area (Å²) in [5.41, 5.74) is 2.68. The lowest BCUT2D eigenvalue weighted by Gasteiger charge is -2.23. The quantitative estimate of drug-likeness (QED) is 0.852. The summed E-state index contributed by atoms with van der Waals surface area (Å²) in [4.78, 5) is 6.48. The van der Waals surface area contributed by atoms with Crippen molar-refractivity contribution in [2.24, 2.45) is 0 Å². The number of rotatable bonds is 5. The van der Waals surface area contributed by atoms with E-state index in [1.165, 1.54) is 0 Å². The molecule has 2 aromatic heterocycles. The van der Waals surface area contributed by atoms with E-state index < -0.39 is 6.10 Å². The van der Waals surface area contributed by atoms with Crippen LogP contribution in [0, 0.1) is 6.92 Å². The van der Waals surface area contributed by atoms with E-state index in [-0.39, 0.29) is 6.61 Å². The standard InChI is InChI=1S/C14H22N4O2/c1-9(2)12-6-14(17(4)7-11(20)8-19)18-13(15-12)5-10(3)16-18/h5-6,9,11,19-20H,7-8H2,1-4H3/t11-/m0/s1. The molecule has 0 aromatic carbocycles. The smallest absolute Gasteiger partial charge is 0.157 e. The first-order valence-electron chi connectivity index (χ1n) is 6.79. The molecule has 0 unspecified atom stereocenters. The summed E-state index contributed by atoms with van der Waals surface area (Å²) in [6.07, 6.45) is -0.776. The van der Waals surface area contributed by atoms with Gasteiger partial charge in [-0.2, -0.15) is 9.61 Å². The Hall–Kier alpha value is -1.66. The number of likely N-dealkylation sites (N-methyl/N-ethyl adjacent to an activating group) is 1. The van der Waals surface area contributed by atoms with Crippen LogP contribution < -0.4 is 4.90 Å². The highest BCUT2D eigenvalue weighted by molar-refractivity contribution is 5.52. The molecule has 6 nitrogen and oxygen atoms in total. The summed E-state index contributed by atoms with van der Waals surface area (Å²) in [5.74, 6) is 1.17. The van der Waals surface area contributed by atoms with Gasteiger partial charge in [0.1, 0.15) is 5.82 Å². The van der Waals surface area contributed by atoms with Gasteiger partial charge in [0.15, 0.2) is 5.65 Å². The fourth-order valence-electron chi connectivity index (χ4n) is 2.13. The summed E-state index contributed by atoms with van der Waals surface area (Å²) < 4.78 is 1.77. The Morgan fingerprint density at radius 2 is 2.05 bits per heavy atom. The van der Waals surface area contributed by atoms with Gasteiger partial charge in [0.05, 0.1) is 18.4 Å². The van der Waals surface area contributed by atoms with Gasteiger partial charge in [-0.3, -0.25) is 0 Å². The largest absolute Gasteiger partial charge is 0.394 e. The predicted octanol–water partition coefficient (Wildman–Crippen LogP) is 0.951. The van der Waals surface area contributed by atoms with Gasteiger partial charge in [-0.1, -0.05) is 13.8 Å². The highest BCUT2D eigenvalue weighted by atomic mass is 16.3. The summed E-state index contributed by atoms with van der Waals surface area (Å²) in [7, 11) is 1.87. The van der Waals surface area contributed by atoms with Gasteiger partial charge in [0.2, 0.25) is 0 Å². The molecule has 0 aliphatic rings. The van der Waals surface area contributed by atoms with Crippen LogP contribution in [0.15, 0.2) is 12.1 Å². The van der Waals surface area contributed by atoms with Crippen molar-refractivity contribution in [2.75, 3.05) is 25.1 Å². The highest BCUT2D eigenvalue weighted by Gasteiger charge is 2.15. The lowest BCUT2D eigenvalue weighted by molar-refractivity contribution is 0.101. The summed E-state index contributed by atoms with van der Waals surface area (Å²) in [5, 5.41) is 23.0. The van der Waals surface area contributed by atoms with Crippen LogP contribution in [0.1, 0.15) is 31.2 Å². The van der Waals surface area contributed by atoms with E-state index in [1.807, 2.05) is 31.0 Å². The molecule has 110 valence electrons. The van der Waals surface area contributed by atoms with Crippen molar-refractivity contribution < 1.29 is 10.2 Å². The Kier molecular flexibility index (Phi) is 4.25. The van der Waals surface area contributed by atoms with Crippen LogP contribution in [0.4, 0.5) is 5.82 Å². The van der Waals surface area contributed by atoms with Crippen molar-refractivity contribution in [1.29, 1.82) is 0 Å². The predicted molar refractivity (Wildman–Crippen MR) is 78.2 cm³/mol. The summed E-state index contributed by atoms with van der Waals surface area (Å²) in [6.45, 7) is 6.19. The second kappa shape index (κ2) is 5.76. The molecular weight excluding hydrogens is 256 g/mol. The average Bonchev–Trinajstić information content (AvgIpc) is 2.76. The van der Waals surface area contributed by atoms with E-state index in [9.17, 15) is 5.11 Å². The molecule has 0 radical (unpaired) electrons. The molecule has 0 bridgehead atoms. The maximum absolute atomic E-state index is 9.61. The number of aryl methyl sites for hydroxylation is 1. The van der Waals surface area contributed by atoms with Crippen LogP contribution in [0.3, 0.4) is 0 Å². The fourth-order valence-corrected chi connectivity index (χ4v) is 2.13. The first kappa shape index (κ1) is 14.7. The second-order valence-corrected chi connectivity index (χ2v) is 5.47. The second-order valence-electron chi connectivity index (χ2n) is 5.47. The van der Waals surface area contributed by atoms with Gasteiger partial charge in [-0.25, -0.2) is 4.98 Å². The molecule has 6 heteroatoms. The molecule has 2 rings (SSSR count). The van der Waals surface area contributed by atoms with Crippen molar-refractivity contribution in [3.8, 4) is 0 Å². The van der Waals surface area contributed by atoms with E-state index in [4.69, 9.17) is 5.11 Å². The number of anilines is 1. The molecule has 0 fully saturated rings. The molecule has 0 saturated heterocycles. The average molecular weight is 278 g/mol. The zero-order valence-corrected chi connectivity index (χ0v) is 12.4. The third kappa shape index (κ3) is 2.91. The number of fused-ring (bicyclic) bond motifs is 1. The SMILES string of the molecule is Cc1cc2nc(C(C)C)cc(N(C)C[C@H](O)CO)n2n1. The van der Waals surface area contributed by atoms with Crippen LogP contribution in [-0.2, 0) is 0 Å². The zero-order chi connectivity index (χ0) is 14.9. The van der Waals surface area contributed by atoms with Crippen molar-refractivity contribution >= 4 is 11.5 Å². The first-order valence-corrected chi connectivity index (χ1v) is 6.79. The molecule has 0 aliphatic heterocycles. The van der Waals surface area contributed by atoms with Crippen LogP contribution in [0.5, 0.6) is 0 Å². The Bertz CT molecular complexity index is 594. The van der Waals surface area contributed by atoms with E-state index >= 15 is 0 Å². The van der Waals surface area contributed by atoms with Crippen molar-refractivity contribution in [1.82, 2.24) is 14.6 Å². The third-order valence-corrected chi connectivity index (χ3v) is 3.23. The topological polar surface area (TPSA) is 73.9 Å². The monoisotopic (exact) mass is 278 g/mol. The number of nitrogens with zero attached hydrogens (tertiary/aromatic N) is 4. The lowest BCUT2D eigenvalue weighted by Crippen LogP contribution is -2.32. The minimum atomic E-state index is -0.776. The summed E-state index contributed by atoms with van der Waals surface area (Å²) in [6, 6.07) is 3.92. The minimum Gasteiger partial charge on any atom is -0.394 e. The van der Waals surface area contributed by atoms with Gasteiger partial charge < -0.3 is 15.1 Å². The minimum absolute atomic E-state index is 0.256. The molecule has 2 heterocycles. The zero-order valence-electron chi connectivity index (χ0n) is 12.4. The fraction of sp³-hybridized carbons (Fsp3) is 0.571. The molecule has 1 atom stereocenters.